The van der Waals surface area contributed by atoms with E-state index in [2.05, 4.69) is 0 Å². The van der Waals surface area contributed by atoms with Crippen LogP contribution in [-0.4, -0.2) is 31.3 Å². The maximum atomic E-state index is 11.4. The average Bonchev–Trinajstić information content (AvgIpc) is 2.98. The Morgan fingerprint density at radius 1 is 1.47 bits per heavy atom. The molecule has 2 aliphatic rings. The number of rotatable bonds is 4. The van der Waals surface area contributed by atoms with Crippen molar-refractivity contribution in [3.05, 3.63) is 0 Å². The Morgan fingerprint density at radius 3 is 2.80 bits per heavy atom. The van der Waals surface area contributed by atoms with Crippen molar-refractivity contribution in [3.63, 3.8) is 0 Å². The Hall–Kier alpha value is -0.610. The number of hydrogen-bond acceptors (Lipinski definition) is 4. The Morgan fingerprint density at radius 2 is 2.20 bits per heavy atom. The summed E-state index contributed by atoms with van der Waals surface area (Å²) in [4.78, 5) is 11.4. The molecule has 2 unspecified atom stereocenters. The molecule has 2 rings (SSSR count). The van der Waals surface area contributed by atoms with Gasteiger partial charge in [0.2, 0.25) is 0 Å². The second-order valence-corrected chi connectivity index (χ2v) is 4.79. The van der Waals surface area contributed by atoms with Gasteiger partial charge < -0.3 is 15.2 Å². The highest BCUT2D eigenvalue weighted by Crippen LogP contribution is 2.34. The Kier molecular flexibility index (Phi) is 2.98. The van der Waals surface area contributed by atoms with E-state index in [1.807, 2.05) is 0 Å². The molecule has 2 atom stereocenters. The highest BCUT2D eigenvalue weighted by Gasteiger charge is 2.43. The fourth-order valence-electron chi connectivity index (χ4n) is 2.12. The molecule has 0 radical (unpaired) electrons. The predicted molar refractivity (Wildman–Crippen MR) is 55.2 cm³/mol. The fourth-order valence-corrected chi connectivity index (χ4v) is 2.12. The first-order valence-corrected chi connectivity index (χ1v) is 5.63. The normalized spacial score (nSPS) is 35.5. The number of hydrogen-bond donors (Lipinski definition) is 1. The monoisotopic (exact) mass is 213 g/mol. The summed E-state index contributed by atoms with van der Waals surface area (Å²) in [6.45, 7) is 0.835. The van der Waals surface area contributed by atoms with Crippen LogP contribution in [0.2, 0.25) is 0 Å². The Bertz CT molecular complexity index is 252. The first kappa shape index (κ1) is 10.9. The maximum Gasteiger partial charge on any atom is 0.325 e. The summed E-state index contributed by atoms with van der Waals surface area (Å²) in [6.07, 6.45) is 4.88. The van der Waals surface area contributed by atoms with Crippen molar-refractivity contribution in [2.45, 2.75) is 43.7 Å². The summed E-state index contributed by atoms with van der Waals surface area (Å²) in [7, 11) is 1.38. The molecule has 0 aliphatic heterocycles. The smallest absolute Gasteiger partial charge is 0.325 e. The zero-order valence-corrected chi connectivity index (χ0v) is 9.20. The van der Waals surface area contributed by atoms with E-state index < -0.39 is 5.54 Å². The van der Waals surface area contributed by atoms with Gasteiger partial charge in [-0.2, -0.15) is 0 Å². The molecule has 0 amide bonds. The third kappa shape index (κ3) is 2.49. The molecule has 0 spiro atoms. The van der Waals surface area contributed by atoms with Crippen LogP contribution >= 0.6 is 0 Å². The summed E-state index contributed by atoms with van der Waals surface area (Å²) < 4.78 is 10.4. The largest absolute Gasteiger partial charge is 0.468 e. The van der Waals surface area contributed by atoms with Gasteiger partial charge in [-0.05, 0) is 31.6 Å². The molecule has 2 fully saturated rings. The lowest BCUT2D eigenvalue weighted by Gasteiger charge is -2.20. The van der Waals surface area contributed by atoms with Crippen molar-refractivity contribution in [2.75, 3.05) is 13.7 Å². The minimum Gasteiger partial charge on any atom is -0.468 e. The van der Waals surface area contributed by atoms with Crippen molar-refractivity contribution in [2.24, 2.45) is 11.7 Å². The summed E-state index contributed by atoms with van der Waals surface area (Å²) in [5.41, 5.74) is 5.17. The van der Waals surface area contributed by atoms with Crippen LogP contribution in [0, 0.1) is 5.92 Å². The standard InChI is InChI=1S/C11H19NO3/c1-14-10(13)11(12)5-4-9(6-11)15-7-8-2-3-8/h8-9H,2-7,12H2,1H3. The van der Waals surface area contributed by atoms with Crippen LogP contribution in [0.5, 0.6) is 0 Å². The highest BCUT2D eigenvalue weighted by atomic mass is 16.5. The van der Waals surface area contributed by atoms with Gasteiger partial charge in [-0.1, -0.05) is 0 Å². The number of carbonyl (C=O) groups is 1. The van der Waals surface area contributed by atoms with E-state index in [1.165, 1.54) is 20.0 Å². The van der Waals surface area contributed by atoms with Crippen molar-refractivity contribution in [3.8, 4) is 0 Å². The third-order valence-electron chi connectivity index (χ3n) is 3.36. The second kappa shape index (κ2) is 4.10. The number of ether oxygens (including phenoxy) is 2. The molecule has 2 N–H and O–H groups in total. The Labute approximate surface area is 90.1 Å². The van der Waals surface area contributed by atoms with Gasteiger partial charge in [-0.25, -0.2) is 0 Å². The molecule has 0 saturated heterocycles. The molecular weight excluding hydrogens is 194 g/mol. The number of methoxy groups -OCH3 is 1. The van der Waals surface area contributed by atoms with Gasteiger partial charge in [0, 0.05) is 13.0 Å². The number of esters is 1. The van der Waals surface area contributed by atoms with E-state index in [-0.39, 0.29) is 12.1 Å². The van der Waals surface area contributed by atoms with Gasteiger partial charge in [0.1, 0.15) is 5.54 Å². The molecule has 2 saturated carbocycles. The number of carbonyl (C=O) groups excluding carboxylic acids is 1. The summed E-state index contributed by atoms with van der Waals surface area (Å²) in [5, 5.41) is 0. The van der Waals surface area contributed by atoms with Gasteiger partial charge in [0.25, 0.3) is 0 Å². The average molecular weight is 213 g/mol. The van der Waals surface area contributed by atoms with Crippen molar-refractivity contribution in [1.82, 2.24) is 0 Å². The molecule has 0 heterocycles. The lowest BCUT2D eigenvalue weighted by atomic mass is 10.00. The van der Waals surface area contributed by atoms with E-state index in [4.69, 9.17) is 15.2 Å². The van der Waals surface area contributed by atoms with Crippen LogP contribution in [0.4, 0.5) is 0 Å². The summed E-state index contributed by atoms with van der Waals surface area (Å²) >= 11 is 0. The van der Waals surface area contributed by atoms with Crippen LogP contribution in [0.3, 0.4) is 0 Å². The van der Waals surface area contributed by atoms with Gasteiger partial charge >= 0.3 is 5.97 Å². The minimum atomic E-state index is -0.803. The molecule has 2 aliphatic carbocycles. The SMILES string of the molecule is COC(=O)C1(N)CCC(OCC2CC2)C1. The van der Waals surface area contributed by atoms with E-state index in [0.717, 1.165) is 18.9 Å². The topological polar surface area (TPSA) is 61.5 Å². The molecule has 4 heteroatoms. The van der Waals surface area contributed by atoms with Gasteiger partial charge in [-0.15, -0.1) is 0 Å². The molecular formula is C11H19NO3. The number of nitrogens with two attached hydrogens (primary N) is 1. The van der Waals surface area contributed by atoms with Gasteiger partial charge in [0.15, 0.2) is 0 Å². The minimum absolute atomic E-state index is 0.148. The zero-order valence-electron chi connectivity index (χ0n) is 9.20. The summed E-state index contributed by atoms with van der Waals surface area (Å²) in [6, 6.07) is 0. The van der Waals surface area contributed by atoms with Crippen molar-refractivity contribution in [1.29, 1.82) is 0 Å². The van der Waals surface area contributed by atoms with Crippen LogP contribution in [0.25, 0.3) is 0 Å². The van der Waals surface area contributed by atoms with Crippen LogP contribution in [-0.2, 0) is 14.3 Å². The Balaban J connectivity index is 1.79. The summed E-state index contributed by atoms with van der Waals surface area (Å²) in [5.74, 6) is 0.455. The van der Waals surface area contributed by atoms with E-state index in [1.54, 1.807) is 0 Å². The van der Waals surface area contributed by atoms with E-state index >= 15 is 0 Å². The molecule has 4 nitrogen and oxygen atoms in total. The molecule has 0 aromatic carbocycles. The maximum absolute atomic E-state index is 11.4. The molecule has 15 heavy (non-hydrogen) atoms. The molecule has 86 valence electrons. The first-order chi connectivity index (χ1) is 7.14. The first-order valence-electron chi connectivity index (χ1n) is 5.63. The van der Waals surface area contributed by atoms with Crippen LogP contribution < -0.4 is 5.73 Å². The lowest BCUT2D eigenvalue weighted by Crippen LogP contribution is -2.46. The molecule has 0 bridgehead atoms. The predicted octanol–water partition coefficient (Wildman–Crippen LogP) is 0.836. The highest BCUT2D eigenvalue weighted by molar-refractivity contribution is 5.80. The fraction of sp³-hybridized carbons (Fsp3) is 0.909. The molecule has 0 aromatic rings. The third-order valence-corrected chi connectivity index (χ3v) is 3.36. The van der Waals surface area contributed by atoms with Crippen LogP contribution in [0.1, 0.15) is 32.1 Å². The van der Waals surface area contributed by atoms with E-state index in [0.29, 0.717) is 12.8 Å². The van der Waals surface area contributed by atoms with Gasteiger partial charge in [0.05, 0.1) is 13.2 Å². The quantitative estimate of drug-likeness (QED) is 0.703. The van der Waals surface area contributed by atoms with Crippen LogP contribution in [0.15, 0.2) is 0 Å². The lowest BCUT2D eigenvalue weighted by molar-refractivity contribution is -0.147. The second-order valence-electron chi connectivity index (χ2n) is 4.79. The van der Waals surface area contributed by atoms with Crippen molar-refractivity contribution < 1.29 is 14.3 Å². The van der Waals surface area contributed by atoms with Gasteiger partial charge in [-0.3, -0.25) is 4.79 Å². The zero-order chi connectivity index (χ0) is 10.9. The van der Waals surface area contributed by atoms with Crippen molar-refractivity contribution >= 4 is 5.97 Å². The van der Waals surface area contributed by atoms with E-state index in [9.17, 15) is 4.79 Å². The molecule has 0 aromatic heterocycles.